The van der Waals surface area contributed by atoms with Crippen LogP contribution in [0, 0.1) is 5.92 Å². The highest BCUT2D eigenvalue weighted by molar-refractivity contribution is 5.81. The fourth-order valence-corrected chi connectivity index (χ4v) is 2.44. The van der Waals surface area contributed by atoms with Gasteiger partial charge < -0.3 is 9.64 Å². The molecule has 24 heavy (non-hydrogen) atoms. The fourth-order valence-electron chi connectivity index (χ4n) is 2.44. The van der Waals surface area contributed by atoms with E-state index in [9.17, 15) is 18.0 Å². The summed E-state index contributed by atoms with van der Waals surface area (Å²) >= 11 is 0. The van der Waals surface area contributed by atoms with Crippen molar-refractivity contribution in [2.75, 3.05) is 13.2 Å². The second-order valence-corrected chi connectivity index (χ2v) is 5.80. The van der Waals surface area contributed by atoms with Crippen LogP contribution in [0.1, 0.15) is 43.4 Å². The average molecular weight is 341 g/mol. The van der Waals surface area contributed by atoms with Crippen LogP contribution < -0.4 is 0 Å². The van der Waals surface area contributed by atoms with Crippen LogP contribution in [-0.2, 0) is 22.3 Å². The number of hydrogen-bond acceptors (Lipinski definition) is 2. The third-order valence-corrected chi connectivity index (χ3v) is 3.96. The maximum Gasteiger partial charge on any atom is 0.416 e. The summed E-state index contributed by atoms with van der Waals surface area (Å²) in [6.07, 6.45) is 0.429. The minimum Gasteiger partial charge on any atom is -0.501 e. The number of hydrogen-bond donors (Lipinski definition) is 0. The number of nitrogens with zero attached hydrogens (tertiary/aromatic N) is 1. The van der Waals surface area contributed by atoms with E-state index in [4.69, 9.17) is 4.74 Å². The molecule has 6 heteroatoms. The standard InChI is InChI=1S/C18H22F3NO2/c1-3-22(17(23)14-5-6-14)12-15-11-16(18(19,20)21)8-7-13(15)9-10-24-4-2/h7-11,14H,3-6,12H2,1-2H3/b10-9-. The molecule has 1 aromatic carbocycles. The van der Waals surface area contributed by atoms with Gasteiger partial charge in [-0.1, -0.05) is 6.07 Å². The van der Waals surface area contributed by atoms with E-state index < -0.39 is 11.7 Å². The first-order chi connectivity index (χ1) is 11.4. The van der Waals surface area contributed by atoms with E-state index in [0.29, 0.717) is 24.3 Å². The van der Waals surface area contributed by atoms with E-state index in [-0.39, 0.29) is 18.4 Å². The predicted octanol–water partition coefficient (Wildman–Crippen LogP) is 4.47. The molecule has 0 aromatic heterocycles. The summed E-state index contributed by atoms with van der Waals surface area (Å²) in [4.78, 5) is 13.9. The molecule has 1 aliphatic rings. The molecule has 0 unspecified atom stereocenters. The predicted molar refractivity (Wildman–Crippen MR) is 85.9 cm³/mol. The van der Waals surface area contributed by atoms with Crippen LogP contribution in [0.3, 0.4) is 0 Å². The Bertz CT molecular complexity index is 607. The fraction of sp³-hybridized carbons (Fsp3) is 0.500. The maximum absolute atomic E-state index is 13.0. The summed E-state index contributed by atoms with van der Waals surface area (Å²) in [6, 6.07) is 3.59. The number of alkyl halides is 3. The van der Waals surface area contributed by atoms with Crippen molar-refractivity contribution < 1.29 is 22.7 Å². The van der Waals surface area contributed by atoms with Gasteiger partial charge in [-0.15, -0.1) is 0 Å². The first-order valence-electron chi connectivity index (χ1n) is 8.13. The van der Waals surface area contributed by atoms with Crippen molar-refractivity contribution >= 4 is 12.0 Å². The Hall–Kier alpha value is -1.98. The van der Waals surface area contributed by atoms with Gasteiger partial charge in [-0.3, -0.25) is 4.79 Å². The zero-order valence-corrected chi connectivity index (χ0v) is 13.9. The molecule has 0 atom stereocenters. The summed E-state index contributed by atoms with van der Waals surface area (Å²) in [6.45, 7) is 4.78. The monoisotopic (exact) mass is 341 g/mol. The number of benzene rings is 1. The highest BCUT2D eigenvalue weighted by Gasteiger charge is 2.34. The Morgan fingerprint density at radius 2 is 2.04 bits per heavy atom. The molecule has 1 aliphatic carbocycles. The van der Waals surface area contributed by atoms with Gasteiger partial charge >= 0.3 is 6.18 Å². The molecule has 3 nitrogen and oxygen atoms in total. The molecule has 0 bridgehead atoms. The van der Waals surface area contributed by atoms with Gasteiger partial charge in [0.05, 0.1) is 18.4 Å². The first kappa shape index (κ1) is 18.4. The summed E-state index contributed by atoms with van der Waals surface area (Å²) in [5.41, 5.74) is 0.385. The minimum absolute atomic E-state index is 0.0228. The number of carbonyl (C=O) groups excluding carboxylic acids is 1. The van der Waals surface area contributed by atoms with Crippen LogP contribution in [0.5, 0.6) is 0 Å². The number of carbonyl (C=O) groups is 1. The van der Waals surface area contributed by atoms with E-state index >= 15 is 0 Å². The zero-order valence-electron chi connectivity index (χ0n) is 13.9. The molecule has 1 saturated carbocycles. The normalized spacial score (nSPS) is 14.9. The first-order valence-corrected chi connectivity index (χ1v) is 8.13. The topological polar surface area (TPSA) is 29.5 Å². The molecule has 0 aliphatic heterocycles. The van der Waals surface area contributed by atoms with Crippen LogP contribution in [0.4, 0.5) is 13.2 Å². The van der Waals surface area contributed by atoms with Crippen molar-refractivity contribution in [2.24, 2.45) is 5.92 Å². The molecule has 0 heterocycles. The van der Waals surface area contributed by atoms with Crippen molar-refractivity contribution in [3.8, 4) is 0 Å². The van der Waals surface area contributed by atoms with Gasteiger partial charge in [-0.05, 0) is 56.0 Å². The lowest BCUT2D eigenvalue weighted by molar-refractivity contribution is -0.137. The summed E-state index contributed by atoms with van der Waals surface area (Å²) in [5.74, 6) is 0.0628. The molecular weight excluding hydrogens is 319 g/mol. The second kappa shape index (κ2) is 7.73. The molecule has 1 aromatic rings. The Morgan fingerprint density at radius 1 is 1.33 bits per heavy atom. The number of ether oxygens (including phenoxy) is 1. The van der Waals surface area contributed by atoms with Gasteiger partial charge in [0.25, 0.3) is 0 Å². The molecule has 0 spiro atoms. The second-order valence-electron chi connectivity index (χ2n) is 5.80. The van der Waals surface area contributed by atoms with Gasteiger partial charge in [0, 0.05) is 19.0 Å². The lowest BCUT2D eigenvalue weighted by Crippen LogP contribution is -2.31. The van der Waals surface area contributed by atoms with Crippen molar-refractivity contribution in [3.63, 3.8) is 0 Å². The third kappa shape index (κ3) is 4.76. The van der Waals surface area contributed by atoms with E-state index in [1.807, 2.05) is 13.8 Å². The van der Waals surface area contributed by atoms with Crippen LogP contribution >= 0.6 is 0 Å². The highest BCUT2D eigenvalue weighted by atomic mass is 19.4. The van der Waals surface area contributed by atoms with E-state index in [2.05, 4.69) is 0 Å². The van der Waals surface area contributed by atoms with Crippen LogP contribution in [0.15, 0.2) is 24.5 Å². The Morgan fingerprint density at radius 3 is 2.58 bits per heavy atom. The summed E-state index contributed by atoms with van der Waals surface area (Å²) < 4.78 is 44.1. The number of amides is 1. The van der Waals surface area contributed by atoms with Crippen LogP contribution in [-0.4, -0.2) is 24.0 Å². The van der Waals surface area contributed by atoms with E-state index in [1.165, 1.54) is 12.3 Å². The van der Waals surface area contributed by atoms with Gasteiger partial charge in [0.2, 0.25) is 5.91 Å². The molecular formula is C18H22F3NO2. The number of rotatable bonds is 7. The highest BCUT2D eigenvalue weighted by Crippen LogP contribution is 2.33. The minimum atomic E-state index is -4.41. The van der Waals surface area contributed by atoms with Gasteiger partial charge in [-0.2, -0.15) is 13.2 Å². The Labute approximate surface area is 140 Å². The molecule has 2 rings (SSSR count). The van der Waals surface area contributed by atoms with Crippen LogP contribution in [0.2, 0.25) is 0 Å². The molecule has 0 saturated heterocycles. The van der Waals surface area contributed by atoms with Gasteiger partial charge in [0.1, 0.15) is 0 Å². The largest absolute Gasteiger partial charge is 0.501 e. The number of halogens is 3. The molecule has 1 amide bonds. The summed E-state index contributed by atoms with van der Waals surface area (Å²) in [5, 5.41) is 0. The van der Waals surface area contributed by atoms with Crippen molar-refractivity contribution in [3.05, 3.63) is 41.2 Å². The summed E-state index contributed by atoms with van der Waals surface area (Å²) in [7, 11) is 0. The average Bonchev–Trinajstić information content (AvgIpc) is 3.37. The van der Waals surface area contributed by atoms with Gasteiger partial charge in [-0.25, -0.2) is 0 Å². The van der Waals surface area contributed by atoms with E-state index in [1.54, 1.807) is 11.0 Å². The Balaban J connectivity index is 2.29. The SMILES string of the molecule is CCO/C=C\c1ccc(C(F)(F)F)cc1CN(CC)C(=O)C1CC1. The smallest absolute Gasteiger partial charge is 0.416 e. The Kier molecular flexibility index (Phi) is 5.91. The van der Waals surface area contributed by atoms with Crippen LogP contribution in [0.25, 0.3) is 6.08 Å². The molecule has 132 valence electrons. The van der Waals surface area contributed by atoms with Gasteiger partial charge in [0.15, 0.2) is 0 Å². The van der Waals surface area contributed by atoms with E-state index in [0.717, 1.165) is 25.0 Å². The molecule has 0 N–H and O–H groups in total. The van der Waals surface area contributed by atoms with Crippen molar-refractivity contribution in [1.29, 1.82) is 0 Å². The molecule has 0 radical (unpaired) electrons. The third-order valence-electron chi connectivity index (χ3n) is 3.96. The van der Waals surface area contributed by atoms with Crippen molar-refractivity contribution in [1.82, 2.24) is 4.90 Å². The maximum atomic E-state index is 13.0. The lowest BCUT2D eigenvalue weighted by Gasteiger charge is -2.22. The quantitative estimate of drug-likeness (QED) is 0.685. The zero-order chi connectivity index (χ0) is 17.7. The molecule has 1 fully saturated rings. The lowest BCUT2D eigenvalue weighted by atomic mass is 10.0. The van der Waals surface area contributed by atoms with Crippen molar-refractivity contribution in [2.45, 2.75) is 39.4 Å².